The molecule has 4 rings (SSSR count). The lowest BCUT2D eigenvalue weighted by atomic mass is 9.90. The van der Waals surface area contributed by atoms with Gasteiger partial charge < -0.3 is 5.11 Å². The summed E-state index contributed by atoms with van der Waals surface area (Å²) in [6, 6.07) is 6.69. The van der Waals surface area contributed by atoms with Gasteiger partial charge in [0, 0.05) is 0 Å². The molecule has 1 aromatic carbocycles. The van der Waals surface area contributed by atoms with Crippen LogP contribution in [-0.2, 0) is 12.8 Å². The Morgan fingerprint density at radius 3 is 2.59 bits per heavy atom. The maximum absolute atomic E-state index is 10.5. The standard InChI is InChI=1S/C16H20O/c17-16(15-8-13-7-14(13)9-15)12-5-4-10-2-1-3-11(10)6-12/h4-6,13-17H,1-3,7-9H2. The number of hydrogen-bond acceptors (Lipinski definition) is 1. The van der Waals surface area contributed by atoms with Gasteiger partial charge in [-0.2, -0.15) is 0 Å². The second-order valence-corrected chi connectivity index (χ2v) is 6.31. The van der Waals surface area contributed by atoms with E-state index in [-0.39, 0.29) is 6.10 Å². The number of aliphatic hydroxyl groups excluding tert-OH is 1. The molecule has 0 bridgehead atoms. The molecular weight excluding hydrogens is 208 g/mol. The maximum atomic E-state index is 10.5. The third-order valence-corrected chi connectivity index (χ3v) is 5.19. The first-order valence-corrected chi connectivity index (χ1v) is 7.11. The van der Waals surface area contributed by atoms with Crippen molar-refractivity contribution in [1.29, 1.82) is 0 Å². The number of aryl methyl sites for hydroxylation is 2. The quantitative estimate of drug-likeness (QED) is 0.823. The third kappa shape index (κ3) is 1.63. The predicted molar refractivity (Wildman–Crippen MR) is 67.7 cm³/mol. The van der Waals surface area contributed by atoms with E-state index in [4.69, 9.17) is 0 Å². The van der Waals surface area contributed by atoms with E-state index in [1.54, 1.807) is 0 Å². The number of fused-ring (bicyclic) bond motifs is 2. The van der Waals surface area contributed by atoms with Crippen LogP contribution >= 0.6 is 0 Å². The van der Waals surface area contributed by atoms with Crippen molar-refractivity contribution in [2.24, 2.45) is 17.8 Å². The van der Waals surface area contributed by atoms with Crippen molar-refractivity contribution in [3.63, 3.8) is 0 Å². The third-order valence-electron chi connectivity index (χ3n) is 5.19. The Labute approximate surface area is 103 Å². The van der Waals surface area contributed by atoms with Crippen molar-refractivity contribution in [3.8, 4) is 0 Å². The predicted octanol–water partition coefficient (Wildman–Crippen LogP) is 3.25. The summed E-state index contributed by atoms with van der Waals surface area (Å²) in [5, 5.41) is 10.5. The zero-order chi connectivity index (χ0) is 11.4. The summed E-state index contributed by atoms with van der Waals surface area (Å²) in [5.74, 6) is 2.46. The minimum absolute atomic E-state index is 0.200. The minimum Gasteiger partial charge on any atom is -0.388 e. The van der Waals surface area contributed by atoms with Gasteiger partial charge in [0.15, 0.2) is 0 Å². The summed E-state index contributed by atoms with van der Waals surface area (Å²) < 4.78 is 0. The molecule has 0 aromatic heterocycles. The van der Waals surface area contributed by atoms with E-state index in [2.05, 4.69) is 18.2 Å². The van der Waals surface area contributed by atoms with Gasteiger partial charge in [0.05, 0.1) is 6.10 Å². The molecular formula is C16H20O. The summed E-state index contributed by atoms with van der Waals surface area (Å²) in [4.78, 5) is 0. The lowest BCUT2D eigenvalue weighted by Crippen LogP contribution is -2.11. The molecule has 0 spiro atoms. The van der Waals surface area contributed by atoms with E-state index in [9.17, 15) is 5.11 Å². The SMILES string of the molecule is OC(c1ccc2c(c1)CCC2)C1CC2CC2C1. The Bertz CT molecular complexity index is 441. The summed E-state index contributed by atoms with van der Waals surface area (Å²) in [6.07, 6.45) is 7.51. The summed E-state index contributed by atoms with van der Waals surface area (Å²) in [6.45, 7) is 0. The van der Waals surface area contributed by atoms with Gasteiger partial charge in [-0.15, -0.1) is 0 Å². The van der Waals surface area contributed by atoms with Crippen LogP contribution in [-0.4, -0.2) is 5.11 Å². The smallest absolute Gasteiger partial charge is 0.0818 e. The summed E-state index contributed by atoms with van der Waals surface area (Å²) in [7, 11) is 0. The molecule has 1 N–H and O–H groups in total. The molecule has 1 heteroatoms. The second-order valence-electron chi connectivity index (χ2n) is 6.31. The molecule has 0 heterocycles. The average Bonchev–Trinajstić information content (AvgIpc) is 2.82. The van der Waals surface area contributed by atoms with Crippen molar-refractivity contribution in [3.05, 3.63) is 34.9 Å². The van der Waals surface area contributed by atoms with Crippen LogP contribution in [0.1, 0.15) is 48.5 Å². The zero-order valence-electron chi connectivity index (χ0n) is 10.2. The molecule has 90 valence electrons. The van der Waals surface area contributed by atoms with E-state index in [0.29, 0.717) is 5.92 Å². The molecule has 3 atom stereocenters. The highest BCUT2D eigenvalue weighted by Crippen LogP contribution is 2.57. The monoisotopic (exact) mass is 228 g/mol. The first-order valence-electron chi connectivity index (χ1n) is 7.11. The van der Waals surface area contributed by atoms with Crippen LogP contribution < -0.4 is 0 Å². The number of benzene rings is 1. The number of hydrogen-bond donors (Lipinski definition) is 1. The van der Waals surface area contributed by atoms with Crippen molar-refractivity contribution >= 4 is 0 Å². The fourth-order valence-corrected chi connectivity index (χ4v) is 4.07. The van der Waals surface area contributed by atoms with Crippen LogP contribution in [0.5, 0.6) is 0 Å². The molecule has 17 heavy (non-hydrogen) atoms. The Kier molecular flexibility index (Phi) is 2.14. The lowest BCUT2D eigenvalue weighted by Gasteiger charge is -2.20. The molecule has 3 aliphatic rings. The van der Waals surface area contributed by atoms with Gasteiger partial charge in [0.1, 0.15) is 0 Å². The second kappa shape index (κ2) is 3.58. The van der Waals surface area contributed by atoms with Crippen molar-refractivity contribution in [1.82, 2.24) is 0 Å². The van der Waals surface area contributed by atoms with E-state index in [1.807, 2.05) is 0 Å². The highest BCUT2D eigenvalue weighted by Gasteiger charge is 2.47. The number of rotatable bonds is 2. The molecule has 0 radical (unpaired) electrons. The van der Waals surface area contributed by atoms with Gasteiger partial charge in [0.2, 0.25) is 0 Å². The largest absolute Gasteiger partial charge is 0.388 e. The molecule has 1 aromatic rings. The van der Waals surface area contributed by atoms with E-state index in [1.165, 1.54) is 55.2 Å². The molecule has 0 aliphatic heterocycles. The Balaban J connectivity index is 1.57. The van der Waals surface area contributed by atoms with Crippen molar-refractivity contribution in [2.75, 3.05) is 0 Å². The van der Waals surface area contributed by atoms with Crippen molar-refractivity contribution < 1.29 is 5.11 Å². The average molecular weight is 228 g/mol. The molecule has 3 aliphatic carbocycles. The normalized spacial score (nSPS) is 35.5. The van der Waals surface area contributed by atoms with Gasteiger partial charge in [-0.1, -0.05) is 18.2 Å². The van der Waals surface area contributed by atoms with Crippen LogP contribution in [0.3, 0.4) is 0 Å². The molecule has 1 nitrogen and oxygen atoms in total. The van der Waals surface area contributed by atoms with Crippen LogP contribution in [0.25, 0.3) is 0 Å². The van der Waals surface area contributed by atoms with Crippen molar-refractivity contribution in [2.45, 2.75) is 44.6 Å². The van der Waals surface area contributed by atoms with E-state index >= 15 is 0 Å². The van der Waals surface area contributed by atoms with Gasteiger partial charge in [-0.3, -0.25) is 0 Å². The van der Waals surface area contributed by atoms with Gasteiger partial charge >= 0.3 is 0 Å². The fraction of sp³-hybridized carbons (Fsp3) is 0.625. The van der Waals surface area contributed by atoms with E-state index < -0.39 is 0 Å². The summed E-state index contributed by atoms with van der Waals surface area (Å²) in [5.41, 5.74) is 4.18. The van der Waals surface area contributed by atoms with Crippen LogP contribution in [0.15, 0.2) is 18.2 Å². The highest BCUT2D eigenvalue weighted by atomic mass is 16.3. The molecule has 0 amide bonds. The van der Waals surface area contributed by atoms with Gasteiger partial charge in [0.25, 0.3) is 0 Å². The van der Waals surface area contributed by atoms with E-state index in [0.717, 1.165) is 11.8 Å². The highest BCUT2D eigenvalue weighted by molar-refractivity contribution is 5.36. The van der Waals surface area contributed by atoms with Crippen LogP contribution in [0.4, 0.5) is 0 Å². The summed E-state index contributed by atoms with van der Waals surface area (Å²) >= 11 is 0. The first-order chi connectivity index (χ1) is 8.31. The Morgan fingerprint density at radius 1 is 1.00 bits per heavy atom. The van der Waals surface area contributed by atoms with Gasteiger partial charge in [-0.05, 0) is 73.0 Å². The molecule has 2 saturated carbocycles. The molecule has 3 unspecified atom stereocenters. The molecule has 0 saturated heterocycles. The minimum atomic E-state index is -0.200. The zero-order valence-corrected chi connectivity index (χ0v) is 10.2. The first kappa shape index (κ1) is 10.1. The fourth-order valence-electron chi connectivity index (χ4n) is 4.07. The Morgan fingerprint density at radius 2 is 1.76 bits per heavy atom. The lowest BCUT2D eigenvalue weighted by molar-refractivity contribution is 0.104. The molecule has 2 fully saturated rings. The Hall–Kier alpha value is -0.820. The van der Waals surface area contributed by atoms with Gasteiger partial charge in [-0.25, -0.2) is 0 Å². The maximum Gasteiger partial charge on any atom is 0.0818 e. The topological polar surface area (TPSA) is 20.2 Å². The van der Waals surface area contributed by atoms with Crippen LogP contribution in [0, 0.1) is 17.8 Å². The van der Waals surface area contributed by atoms with Crippen LogP contribution in [0.2, 0.25) is 0 Å². The number of aliphatic hydroxyl groups is 1.